The zero-order valence-electron chi connectivity index (χ0n) is 11.9. The molecule has 0 aliphatic carbocycles. The number of hydrogen-bond acceptors (Lipinski definition) is 6. The lowest BCUT2D eigenvalue weighted by atomic mass is 9.97. The van der Waals surface area contributed by atoms with Gasteiger partial charge in [-0.15, -0.1) is 10.2 Å². The maximum Gasteiger partial charge on any atom is 0.407 e. The first kappa shape index (κ1) is 14.3. The smallest absolute Gasteiger partial charge is 0.407 e. The van der Waals surface area contributed by atoms with Gasteiger partial charge in [-0.1, -0.05) is 0 Å². The summed E-state index contributed by atoms with van der Waals surface area (Å²) in [4.78, 5) is 14.5. The molecule has 0 spiro atoms. The Labute approximate surface area is 122 Å². The van der Waals surface area contributed by atoms with Crippen molar-refractivity contribution in [3.8, 4) is 0 Å². The number of rotatable bonds is 3. The summed E-state index contributed by atoms with van der Waals surface area (Å²) >= 11 is 0. The first-order valence-corrected chi connectivity index (χ1v) is 7.32. The van der Waals surface area contributed by atoms with Gasteiger partial charge in [-0.2, -0.15) is 0 Å². The van der Waals surface area contributed by atoms with Crippen LogP contribution in [-0.4, -0.2) is 70.6 Å². The van der Waals surface area contributed by atoms with E-state index in [1.807, 2.05) is 0 Å². The van der Waals surface area contributed by atoms with Crippen LogP contribution in [0.3, 0.4) is 0 Å². The van der Waals surface area contributed by atoms with Gasteiger partial charge in [-0.05, 0) is 12.8 Å². The van der Waals surface area contributed by atoms with Crippen LogP contribution < -0.4 is 0 Å². The summed E-state index contributed by atoms with van der Waals surface area (Å²) in [5.41, 5.74) is 0. The first-order chi connectivity index (χ1) is 10.2. The Kier molecular flexibility index (Phi) is 4.35. The third kappa shape index (κ3) is 3.51. The molecular formula is C13H20N4O4. The summed E-state index contributed by atoms with van der Waals surface area (Å²) in [5, 5.41) is 17.2. The van der Waals surface area contributed by atoms with E-state index in [4.69, 9.17) is 14.3 Å². The minimum Gasteiger partial charge on any atom is -0.465 e. The van der Waals surface area contributed by atoms with E-state index in [9.17, 15) is 4.79 Å². The Morgan fingerprint density at radius 1 is 1.19 bits per heavy atom. The molecule has 0 atom stereocenters. The van der Waals surface area contributed by atoms with E-state index in [0.717, 1.165) is 39.1 Å². The second kappa shape index (κ2) is 6.40. The van der Waals surface area contributed by atoms with Crippen molar-refractivity contribution in [2.24, 2.45) is 0 Å². The fraction of sp³-hybridized carbons (Fsp3) is 0.769. The van der Waals surface area contributed by atoms with Gasteiger partial charge in [0.15, 0.2) is 0 Å². The largest absolute Gasteiger partial charge is 0.465 e. The van der Waals surface area contributed by atoms with E-state index >= 15 is 0 Å². The van der Waals surface area contributed by atoms with Crippen LogP contribution in [0.15, 0.2) is 4.42 Å². The van der Waals surface area contributed by atoms with Crippen molar-refractivity contribution in [1.82, 2.24) is 20.0 Å². The second-order valence-corrected chi connectivity index (χ2v) is 5.47. The van der Waals surface area contributed by atoms with Crippen LogP contribution in [0.25, 0.3) is 0 Å². The topological polar surface area (TPSA) is 91.9 Å². The van der Waals surface area contributed by atoms with Crippen molar-refractivity contribution >= 4 is 6.09 Å². The lowest BCUT2D eigenvalue weighted by Crippen LogP contribution is -2.36. The summed E-state index contributed by atoms with van der Waals surface area (Å²) in [6, 6.07) is 0. The van der Waals surface area contributed by atoms with E-state index in [1.54, 1.807) is 0 Å². The van der Waals surface area contributed by atoms with Crippen molar-refractivity contribution in [3.05, 3.63) is 11.8 Å². The maximum absolute atomic E-state index is 10.9. The number of ether oxygens (including phenoxy) is 1. The molecule has 2 fully saturated rings. The molecule has 0 unspecified atom stereocenters. The minimum atomic E-state index is -0.855. The molecular weight excluding hydrogens is 276 g/mol. The van der Waals surface area contributed by atoms with Gasteiger partial charge in [-0.3, -0.25) is 4.90 Å². The van der Waals surface area contributed by atoms with Gasteiger partial charge in [0, 0.05) is 32.1 Å². The van der Waals surface area contributed by atoms with Crippen molar-refractivity contribution < 1.29 is 19.1 Å². The predicted molar refractivity (Wildman–Crippen MR) is 72.0 cm³/mol. The van der Waals surface area contributed by atoms with Gasteiger partial charge in [0.05, 0.1) is 19.8 Å². The summed E-state index contributed by atoms with van der Waals surface area (Å²) in [6.45, 7) is 4.97. The summed E-state index contributed by atoms with van der Waals surface area (Å²) in [7, 11) is 0. The quantitative estimate of drug-likeness (QED) is 0.880. The zero-order chi connectivity index (χ0) is 14.7. The molecule has 0 radical (unpaired) electrons. The molecule has 21 heavy (non-hydrogen) atoms. The highest BCUT2D eigenvalue weighted by molar-refractivity contribution is 5.65. The molecule has 116 valence electrons. The molecule has 2 aliphatic rings. The fourth-order valence-electron chi connectivity index (χ4n) is 2.76. The van der Waals surface area contributed by atoms with E-state index in [2.05, 4.69) is 15.1 Å². The highest BCUT2D eigenvalue weighted by Crippen LogP contribution is 2.27. The first-order valence-electron chi connectivity index (χ1n) is 7.32. The Bertz CT molecular complexity index is 478. The second-order valence-electron chi connectivity index (χ2n) is 5.47. The summed E-state index contributed by atoms with van der Waals surface area (Å²) in [6.07, 6.45) is 0.628. The Balaban J connectivity index is 1.54. The number of morpholine rings is 1. The minimum absolute atomic E-state index is 0.173. The number of aromatic nitrogens is 2. The summed E-state index contributed by atoms with van der Waals surface area (Å²) < 4.78 is 11.1. The molecule has 8 heteroatoms. The summed E-state index contributed by atoms with van der Waals surface area (Å²) in [5.74, 6) is 1.45. The molecule has 1 aromatic heterocycles. The van der Waals surface area contributed by atoms with E-state index in [-0.39, 0.29) is 5.92 Å². The average molecular weight is 296 g/mol. The number of piperidine rings is 1. The van der Waals surface area contributed by atoms with Crippen LogP contribution in [0.4, 0.5) is 4.79 Å². The van der Waals surface area contributed by atoms with Crippen LogP contribution in [0.5, 0.6) is 0 Å². The normalized spacial score (nSPS) is 21.6. The van der Waals surface area contributed by atoms with Gasteiger partial charge in [-0.25, -0.2) is 4.79 Å². The Hall–Kier alpha value is -1.67. The number of amides is 1. The molecule has 8 nitrogen and oxygen atoms in total. The average Bonchev–Trinajstić information content (AvgIpc) is 2.97. The van der Waals surface area contributed by atoms with Crippen LogP contribution >= 0.6 is 0 Å². The number of nitrogens with zero attached hydrogens (tertiary/aromatic N) is 4. The van der Waals surface area contributed by atoms with Gasteiger partial charge >= 0.3 is 6.09 Å². The molecule has 2 aliphatic heterocycles. The van der Waals surface area contributed by atoms with Crippen molar-refractivity contribution in [3.63, 3.8) is 0 Å². The highest BCUT2D eigenvalue weighted by Gasteiger charge is 2.27. The van der Waals surface area contributed by atoms with Crippen molar-refractivity contribution in [1.29, 1.82) is 0 Å². The van der Waals surface area contributed by atoms with E-state index in [1.165, 1.54) is 4.90 Å². The molecule has 1 aromatic rings. The molecule has 1 N–H and O–H groups in total. The molecule has 2 saturated heterocycles. The standard InChI is InChI=1S/C13H20N4O4/c18-13(19)17-3-1-10(2-4-17)12-15-14-11(21-12)9-16-5-7-20-8-6-16/h10H,1-9H2,(H,18,19). The van der Waals surface area contributed by atoms with Crippen molar-refractivity contribution in [2.45, 2.75) is 25.3 Å². The Morgan fingerprint density at radius 2 is 1.90 bits per heavy atom. The molecule has 0 bridgehead atoms. The Morgan fingerprint density at radius 3 is 2.57 bits per heavy atom. The molecule has 0 aromatic carbocycles. The lowest BCUT2D eigenvalue weighted by molar-refractivity contribution is 0.0303. The molecule has 0 saturated carbocycles. The van der Waals surface area contributed by atoms with E-state index < -0.39 is 6.09 Å². The zero-order valence-corrected chi connectivity index (χ0v) is 11.9. The third-order valence-corrected chi connectivity index (χ3v) is 4.06. The maximum atomic E-state index is 10.9. The van der Waals surface area contributed by atoms with Crippen molar-refractivity contribution in [2.75, 3.05) is 39.4 Å². The van der Waals surface area contributed by atoms with Crippen LogP contribution in [0.1, 0.15) is 30.5 Å². The monoisotopic (exact) mass is 296 g/mol. The van der Waals surface area contributed by atoms with Gasteiger partial charge < -0.3 is 19.2 Å². The van der Waals surface area contributed by atoms with Gasteiger partial charge in [0.1, 0.15) is 0 Å². The SMILES string of the molecule is O=C(O)N1CCC(c2nnc(CN3CCOCC3)o2)CC1. The number of likely N-dealkylation sites (tertiary alicyclic amines) is 1. The van der Waals surface area contributed by atoms with Crippen LogP contribution in [0, 0.1) is 0 Å². The number of carbonyl (C=O) groups is 1. The van der Waals surface area contributed by atoms with Crippen LogP contribution in [0.2, 0.25) is 0 Å². The molecule has 3 heterocycles. The van der Waals surface area contributed by atoms with E-state index in [0.29, 0.717) is 31.4 Å². The van der Waals surface area contributed by atoms with Crippen LogP contribution in [-0.2, 0) is 11.3 Å². The lowest BCUT2D eigenvalue weighted by Gasteiger charge is -2.28. The number of carboxylic acid groups (broad SMARTS) is 1. The third-order valence-electron chi connectivity index (χ3n) is 4.06. The number of hydrogen-bond donors (Lipinski definition) is 1. The molecule has 3 rings (SSSR count). The highest BCUT2D eigenvalue weighted by atomic mass is 16.5. The fourth-order valence-corrected chi connectivity index (χ4v) is 2.76. The van der Waals surface area contributed by atoms with Gasteiger partial charge in [0.25, 0.3) is 0 Å². The molecule has 1 amide bonds. The van der Waals surface area contributed by atoms with Gasteiger partial charge in [0.2, 0.25) is 11.8 Å². The predicted octanol–water partition coefficient (Wildman–Crippen LogP) is 0.759.